The van der Waals surface area contributed by atoms with Gasteiger partial charge < -0.3 is 19.7 Å². The van der Waals surface area contributed by atoms with E-state index in [1.165, 1.54) is 0 Å². The van der Waals surface area contributed by atoms with E-state index in [0.717, 1.165) is 16.9 Å². The Morgan fingerprint density at radius 1 is 1.04 bits per heavy atom. The van der Waals surface area contributed by atoms with Gasteiger partial charge in [0, 0.05) is 30.5 Å². The van der Waals surface area contributed by atoms with Crippen molar-refractivity contribution >= 4 is 23.3 Å². The Labute approximate surface area is 157 Å². The number of ether oxygens (including phenoxy) is 2. The number of carbonyl (C=O) groups excluding carboxylic acids is 2. The van der Waals surface area contributed by atoms with Crippen LogP contribution in [-0.2, 0) is 4.79 Å². The Bertz CT molecular complexity index is 866. The first-order valence-electron chi connectivity index (χ1n) is 8.93. The summed E-state index contributed by atoms with van der Waals surface area (Å²) in [4.78, 5) is 28.2. The molecular formula is C20H21N3O4. The second-order valence-electron chi connectivity index (χ2n) is 6.60. The summed E-state index contributed by atoms with van der Waals surface area (Å²) in [5.41, 5.74) is 2.59. The van der Waals surface area contributed by atoms with Crippen LogP contribution in [-0.4, -0.2) is 49.7 Å². The highest BCUT2D eigenvalue weighted by molar-refractivity contribution is 5.99. The maximum absolute atomic E-state index is 12.7. The van der Waals surface area contributed by atoms with Gasteiger partial charge in [0.15, 0.2) is 11.5 Å². The van der Waals surface area contributed by atoms with Crippen molar-refractivity contribution in [2.24, 2.45) is 0 Å². The van der Waals surface area contributed by atoms with Crippen LogP contribution in [0.3, 0.4) is 0 Å². The number of urea groups is 1. The van der Waals surface area contributed by atoms with Gasteiger partial charge in [0.1, 0.15) is 19.8 Å². The largest absolute Gasteiger partial charge is 0.486 e. The minimum absolute atomic E-state index is 0.0216. The molecule has 2 aliphatic rings. The van der Waals surface area contributed by atoms with Crippen molar-refractivity contribution in [1.82, 2.24) is 4.90 Å². The number of anilines is 2. The molecule has 7 nitrogen and oxygen atoms in total. The monoisotopic (exact) mass is 367 g/mol. The fourth-order valence-electron chi connectivity index (χ4n) is 3.18. The molecule has 0 unspecified atom stereocenters. The molecule has 2 aromatic carbocycles. The molecule has 0 aromatic heterocycles. The van der Waals surface area contributed by atoms with Gasteiger partial charge in [0.05, 0.1) is 0 Å². The van der Waals surface area contributed by atoms with Crippen LogP contribution in [0.1, 0.15) is 5.56 Å². The summed E-state index contributed by atoms with van der Waals surface area (Å²) in [6.45, 7) is 4.05. The van der Waals surface area contributed by atoms with Crippen LogP contribution >= 0.6 is 0 Å². The van der Waals surface area contributed by atoms with Crippen molar-refractivity contribution in [3.8, 4) is 11.5 Å². The average Bonchev–Trinajstić information content (AvgIpc) is 3.03. The fourth-order valence-corrected chi connectivity index (χ4v) is 3.18. The lowest BCUT2D eigenvalue weighted by Gasteiger charge is -2.22. The summed E-state index contributed by atoms with van der Waals surface area (Å²) in [6.07, 6.45) is 0. The number of rotatable bonds is 4. The number of nitrogens with zero attached hydrogens (tertiary/aromatic N) is 2. The zero-order valence-electron chi connectivity index (χ0n) is 15.1. The summed E-state index contributed by atoms with van der Waals surface area (Å²) in [6, 6.07) is 12.8. The Kier molecular flexibility index (Phi) is 4.58. The maximum atomic E-state index is 12.7. The van der Waals surface area contributed by atoms with Gasteiger partial charge in [-0.3, -0.25) is 9.69 Å². The highest BCUT2D eigenvalue weighted by Crippen LogP contribution is 2.34. The summed E-state index contributed by atoms with van der Waals surface area (Å²) in [5.74, 6) is 1.12. The molecule has 1 saturated heterocycles. The zero-order chi connectivity index (χ0) is 18.8. The van der Waals surface area contributed by atoms with Gasteiger partial charge in [0.2, 0.25) is 5.91 Å². The van der Waals surface area contributed by atoms with Crippen LogP contribution in [0.4, 0.5) is 16.2 Å². The third-order valence-electron chi connectivity index (χ3n) is 4.60. The lowest BCUT2D eigenvalue weighted by Crippen LogP contribution is -2.37. The first-order chi connectivity index (χ1) is 13.1. The normalized spacial score (nSPS) is 15.8. The standard InChI is InChI=1S/C20H21N3O4/c1-14-2-4-15(5-3-14)21-19(24)13-22-8-9-23(20(22)25)16-6-7-17-18(12-16)27-11-10-26-17/h2-7,12H,8-11,13H2,1H3,(H,21,24). The molecule has 3 amide bonds. The lowest BCUT2D eigenvalue weighted by atomic mass is 10.2. The molecule has 0 bridgehead atoms. The molecule has 0 radical (unpaired) electrons. The molecule has 0 atom stereocenters. The van der Waals surface area contributed by atoms with Crippen molar-refractivity contribution < 1.29 is 19.1 Å². The first kappa shape index (κ1) is 17.2. The Hall–Kier alpha value is -3.22. The highest BCUT2D eigenvalue weighted by atomic mass is 16.6. The third kappa shape index (κ3) is 3.67. The molecule has 2 aliphatic heterocycles. The van der Waals surface area contributed by atoms with Gasteiger partial charge in [-0.1, -0.05) is 17.7 Å². The third-order valence-corrected chi connectivity index (χ3v) is 4.60. The van der Waals surface area contributed by atoms with E-state index in [4.69, 9.17) is 9.47 Å². The van der Waals surface area contributed by atoms with Gasteiger partial charge >= 0.3 is 6.03 Å². The molecule has 1 N–H and O–H groups in total. The van der Waals surface area contributed by atoms with Crippen LogP contribution in [0.25, 0.3) is 0 Å². The SMILES string of the molecule is Cc1ccc(NC(=O)CN2CCN(c3ccc4c(c3)OCCO4)C2=O)cc1. The van der Waals surface area contributed by atoms with Crippen molar-refractivity contribution in [3.05, 3.63) is 48.0 Å². The molecule has 1 fully saturated rings. The van der Waals surface area contributed by atoms with Gasteiger partial charge in [-0.05, 0) is 31.2 Å². The van der Waals surface area contributed by atoms with Gasteiger partial charge in [-0.25, -0.2) is 4.79 Å². The number of benzene rings is 2. The number of nitrogens with one attached hydrogen (secondary N) is 1. The lowest BCUT2D eigenvalue weighted by molar-refractivity contribution is -0.116. The second kappa shape index (κ2) is 7.19. The number of carbonyl (C=O) groups is 2. The number of amides is 3. The summed E-state index contributed by atoms with van der Waals surface area (Å²) in [5, 5.41) is 2.82. The summed E-state index contributed by atoms with van der Waals surface area (Å²) in [7, 11) is 0. The predicted molar refractivity (Wildman–Crippen MR) is 102 cm³/mol. The molecule has 2 heterocycles. The van der Waals surface area contributed by atoms with Gasteiger partial charge in [0.25, 0.3) is 0 Å². The average molecular weight is 367 g/mol. The summed E-state index contributed by atoms with van der Waals surface area (Å²) < 4.78 is 11.1. The van der Waals surface area contributed by atoms with Crippen molar-refractivity contribution in [3.63, 3.8) is 0 Å². The highest BCUT2D eigenvalue weighted by Gasteiger charge is 2.31. The van der Waals surface area contributed by atoms with Crippen LogP contribution in [0.5, 0.6) is 11.5 Å². The fraction of sp³-hybridized carbons (Fsp3) is 0.300. The minimum Gasteiger partial charge on any atom is -0.486 e. The van der Waals surface area contributed by atoms with Gasteiger partial charge in [-0.15, -0.1) is 0 Å². The van der Waals surface area contributed by atoms with Crippen molar-refractivity contribution in [2.45, 2.75) is 6.92 Å². The number of fused-ring (bicyclic) bond motifs is 1. The van der Waals surface area contributed by atoms with E-state index in [9.17, 15) is 9.59 Å². The smallest absolute Gasteiger partial charge is 0.325 e. The van der Waals surface area contributed by atoms with E-state index in [-0.39, 0.29) is 18.5 Å². The maximum Gasteiger partial charge on any atom is 0.325 e. The van der Waals surface area contributed by atoms with Crippen molar-refractivity contribution in [2.75, 3.05) is 43.1 Å². The second-order valence-corrected chi connectivity index (χ2v) is 6.60. The van der Waals surface area contributed by atoms with Crippen molar-refractivity contribution in [1.29, 1.82) is 0 Å². The first-order valence-corrected chi connectivity index (χ1v) is 8.93. The van der Waals surface area contributed by atoms with E-state index in [1.54, 1.807) is 9.80 Å². The zero-order valence-corrected chi connectivity index (χ0v) is 15.1. The molecular weight excluding hydrogens is 346 g/mol. The molecule has 0 aliphatic carbocycles. The van der Waals surface area contributed by atoms with E-state index in [2.05, 4.69) is 5.32 Å². The Morgan fingerprint density at radius 2 is 1.78 bits per heavy atom. The van der Waals surface area contributed by atoms with E-state index >= 15 is 0 Å². The van der Waals surface area contributed by atoms with E-state index in [1.807, 2.05) is 49.4 Å². The van der Waals surface area contributed by atoms with Crippen LogP contribution in [0.2, 0.25) is 0 Å². The van der Waals surface area contributed by atoms with Gasteiger partial charge in [-0.2, -0.15) is 0 Å². The Balaban J connectivity index is 1.39. The van der Waals surface area contributed by atoms with E-state index < -0.39 is 0 Å². The van der Waals surface area contributed by atoms with E-state index in [0.29, 0.717) is 37.8 Å². The van der Waals surface area contributed by atoms with Crippen LogP contribution in [0, 0.1) is 6.92 Å². The minimum atomic E-state index is -0.212. The molecule has 7 heteroatoms. The Morgan fingerprint density at radius 3 is 2.56 bits per heavy atom. The number of aryl methyl sites for hydroxylation is 1. The quantitative estimate of drug-likeness (QED) is 0.902. The topological polar surface area (TPSA) is 71.1 Å². The molecule has 0 spiro atoms. The molecule has 4 rings (SSSR count). The number of hydrogen-bond acceptors (Lipinski definition) is 4. The molecule has 2 aromatic rings. The molecule has 140 valence electrons. The number of hydrogen-bond donors (Lipinski definition) is 1. The van der Waals surface area contributed by atoms with Crippen LogP contribution < -0.4 is 19.7 Å². The predicted octanol–water partition coefficient (Wildman–Crippen LogP) is 2.65. The summed E-state index contributed by atoms with van der Waals surface area (Å²) >= 11 is 0. The molecule has 27 heavy (non-hydrogen) atoms. The van der Waals surface area contributed by atoms with Crippen LogP contribution in [0.15, 0.2) is 42.5 Å². The molecule has 0 saturated carbocycles.